The van der Waals surface area contributed by atoms with Gasteiger partial charge in [-0.1, -0.05) is 19.8 Å². The van der Waals surface area contributed by atoms with Crippen molar-refractivity contribution in [3.63, 3.8) is 0 Å². The fourth-order valence-electron chi connectivity index (χ4n) is 1.76. The Labute approximate surface area is 129 Å². The monoisotopic (exact) mass is 298 g/mol. The largest absolute Gasteiger partial charge is 0.494 e. The number of hydrazone groups is 1. The first-order chi connectivity index (χ1) is 10.8. The predicted octanol–water partition coefficient (Wildman–Crippen LogP) is 3.56. The van der Waals surface area contributed by atoms with Gasteiger partial charge in [-0.2, -0.15) is 10.4 Å². The first kappa shape index (κ1) is 15.6. The fourth-order valence-corrected chi connectivity index (χ4v) is 1.76. The topological polar surface area (TPSA) is 83.4 Å². The molecule has 0 spiro atoms. The van der Waals surface area contributed by atoms with E-state index in [1.807, 2.05) is 30.3 Å². The lowest BCUT2D eigenvalue weighted by Crippen LogP contribution is -1.97. The lowest BCUT2D eigenvalue weighted by Gasteiger charge is -2.05. The van der Waals surface area contributed by atoms with Gasteiger partial charge in [0.2, 0.25) is 5.69 Å². The van der Waals surface area contributed by atoms with Crippen molar-refractivity contribution in [3.8, 4) is 11.8 Å². The summed E-state index contributed by atoms with van der Waals surface area (Å²) in [5.74, 6) is 1.08. The lowest BCUT2D eigenvalue weighted by molar-refractivity contribution is 0.306. The maximum absolute atomic E-state index is 8.78. The van der Waals surface area contributed by atoms with Crippen LogP contribution >= 0.6 is 0 Å². The van der Waals surface area contributed by atoms with Crippen LogP contribution in [0.15, 0.2) is 40.2 Å². The van der Waals surface area contributed by atoms with Gasteiger partial charge in [0.15, 0.2) is 6.39 Å². The average molecular weight is 298 g/mol. The SMILES string of the molecule is CCCCCOc1ccc(/C=N/Nc2ocnc2C#N)cc1. The molecule has 2 aromatic rings. The molecule has 1 heterocycles. The maximum Gasteiger partial charge on any atom is 0.251 e. The molecule has 0 aliphatic rings. The second-order valence-corrected chi connectivity index (χ2v) is 4.64. The molecule has 0 amide bonds. The molecule has 22 heavy (non-hydrogen) atoms. The minimum absolute atomic E-state index is 0.174. The molecule has 6 heteroatoms. The zero-order chi connectivity index (χ0) is 15.6. The molecule has 0 radical (unpaired) electrons. The van der Waals surface area contributed by atoms with E-state index in [0.717, 1.165) is 24.3 Å². The van der Waals surface area contributed by atoms with Gasteiger partial charge in [0.05, 0.1) is 12.8 Å². The highest BCUT2D eigenvalue weighted by molar-refractivity contribution is 5.80. The van der Waals surface area contributed by atoms with E-state index < -0.39 is 0 Å². The van der Waals surface area contributed by atoms with Crippen molar-refractivity contribution in [1.29, 1.82) is 5.26 Å². The van der Waals surface area contributed by atoms with Crippen molar-refractivity contribution in [2.45, 2.75) is 26.2 Å². The minimum Gasteiger partial charge on any atom is -0.494 e. The van der Waals surface area contributed by atoms with Crippen LogP contribution in [-0.4, -0.2) is 17.8 Å². The molecule has 0 fully saturated rings. The minimum atomic E-state index is 0.174. The van der Waals surface area contributed by atoms with Gasteiger partial charge in [-0.25, -0.2) is 10.4 Å². The Bertz CT molecular complexity index is 641. The van der Waals surface area contributed by atoms with E-state index in [2.05, 4.69) is 22.4 Å². The number of rotatable bonds is 8. The maximum atomic E-state index is 8.78. The number of ether oxygens (including phenoxy) is 1. The van der Waals surface area contributed by atoms with Crippen molar-refractivity contribution in [2.24, 2.45) is 5.10 Å². The molecule has 1 N–H and O–H groups in total. The van der Waals surface area contributed by atoms with Crippen LogP contribution in [0.4, 0.5) is 5.88 Å². The number of benzene rings is 1. The highest BCUT2D eigenvalue weighted by Crippen LogP contribution is 2.13. The molecule has 0 saturated carbocycles. The van der Waals surface area contributed by atoms with E-state index in [1.165, 1.54) is 19.2 Å². The van der Waals surface area contributed by atoms with Gasteiger partial charge in [0, 0.05) is 0 Å². The summed E-state index contributed by atoms with van der Waals surface area (Å²) in [5, 5.41) is 12.8. The van der Waals surface area contributed by atoms with Gasteiger partial charge in [0.25, 0.3) is 5.88 Å². The number of oxazole rings is 1. The lowest BCUT2D eigenvalue weighted by atomic mass is 10.2. The second-order valence-electron chi connectivity index (χ2n) is 4.64. The standard InChI is InChI=1S/C16H18N4O2/c1-2-3-4-9-21-14-7-5-13(6-8-14)11-19-20-16-15(10-17)18-12-22-16/h5-8,11-12,20H,2-4,9H2,1H3/b19-11+. The zero-order valence-electron chi connectivity index (χ0n) is 12.5. The van der Waals surface area contributed by atoms with Crippen LogP contribution in [0.5, 0.6) is 5.75 Å². The Balaban J connectivity index is 1.83. The molecule has 0 atom stereocenters. The van der Waals surface area contributed by atoms with E-state index in [-0.39, 0.29) is 11.6 Å². The Kier molecular flexibility index (Phi) is 6.00. The van der Waals surface area contributed by atoms with Crippen molar-refractivity contribution in [3.05, 3.63) is 41.9 Å². The van der Waals surface area contributed by atoms with Crippen LogP contribution in [0.3, 0.4) is 0 Å². The highest BCUT2D eigenvalue weighted by Gasteiger charge is 2.04. The number of nitriles is 1. The number of nitrogens with one attached hydrogen (secondary N) is 1. The Hall–Kier alpha value is -2.81. The highest BCUT2D eigenvalue weighted by atomic mass is 16.5. The van der Waals surface area contributed by atoms with E-state index in [4.69, 9.17) is 14.4 Å². The number of aromatic nitrogens is 1. The van der Waals surface area contributed by atoms with Crippen molar-refractivity contribution in [2.75, 3.05) is 12.0 Å². The quantitative estimate of drug-likeness (QED) is 0.457. The van der Waals surface area contributed by atoms with Crippen molar-refractivity contribution >= 4 is 12.1 Å². The first-order valence-corrected chi connectivity index (χ1v) is 7.19. The number of hydrogen-bond acceptors (Lipinski definition) is 6. The van der Waals surface area contributed by atoms with E-state index in [9.17, 15) is 0 Å². The average Bonchev–Trinajstić information content (AvgIpc) is 3.00. The third-order valence-electron chi connectivity index (χ3n) is 2.95. The third kappa shape index (κ3) is 4.63. The molecular formula is C16H18N4O2. The number of hydrogen-bond donors (Lipinski definition) is 1. The van der Waals surface area contributed by atoms with Crippen LogP contribution in [-0.2, 0) is 0 Å². The summed E-state index contributed by atoms with van der Waals surface area (Å²) < 4.78 is 10.6. The van der Waals surface area contributed by atoms with Crippen molar-refractivity contribution in [1.82, 2.24) is 4.98 Å². The number of nitrogens with zero attached hydrogens (tertiary/aromatic N) is 3. The third-order valence-corrected chi connectivity index (χ3v) is 2.95. The molecule has 0 aliphatic carbocycles. The van der Waals surface area contributed by atoms with Crippen LogP contribution in [0.25, 0.3) is 0 Å². The van der Waals surface area contributed by atoms with Crippen LogP contribution < -0.4 is 10.2 Å². The summed E-state index contributed by atoms with van der Waals surface area (Å²) in [6.45, 7) is 2.91. The van der Waals surface area contributed by atoms with Gasteiger partial charge < -0.3 is 9.15 Å². The summed E-state index contributed by atoms with van der Waals surface area (Å²) in [7, 11) is 0. The molecule has 6 nitrogen and oxygen atoms in total. The molecule has 1 aromatic carbocycles. The Morgan fingerprint density at radius 3 is 2.91 bits per heavy atom. The van der Waals surface area contributed by atoms with E-state index in [1.54, 1.807) is 6.21 Å². The molecule has 0 unspecified atom stereocenters. The molecule has 0 bridgehead atoms. The molecule has 114 valence electrons. The van der Waals surface area contributed by atoms with Crippen LogP contribution in [0.1, 0.15) is 37.4 Å². The molecule has 1 aromatic heterocycles. The molecule has 0 saturated heterocycles. The Morgan fingerprint density at radius 1 is 1.36 bits per heavy atom. The Morgan fingerprint density at radius 2 is 2.18 bits per heavy atom. The second kappa shape index (κ2) is 8.47. The summed E-state index contributed by atoms with van der Waals surface area (Å²) in [5.41, 5.74) is 3.72. The summed E-state index contributed by atoms with van der Waals surface area (Å²) in [6.07, 6.45) is 6.26. The van der Waals surface area contributed by atoms with Gasteiger partial charge in [-0.3, -0.25) is 0 Å². The first-order valence-electron chi connectivity index (χ1n) is 7.19. The smallest absolute Gasteiger partial charge is 0.251 e. The fraction of sp³-hybridized carbons (Fsp3) is 0.312. The number of anilines is 1. The summed E-state index contributed by atoms with van der Waals surface area (Å²) >= 11 is 0. The summed E-state index contributed by atoms with van der Waals surface area (Å²) in [4.78, 5) is 3.73. The summed E-state index contributed by atoms with van der Waals surface area (Å²) in [6, 6.07) is 9.53. The molecule has 0 aliphatic heterocycles. The van der Waals surface area contributed by atoms with Crippen molar-refractivity contribution < 1.29 is 9.15 Å². The van der Waals surface area contributed by atoms with Gasteiger partial charge in [-0.05, 0) is 36.2 Å². The zero-order valence-corrected chi connectivity index (χ0v) is 12.5. The van der Waals surface area contributed by atoms with E-state index >= 15 is 0 Å². The molecular weight excluding hydrogens is 280 g/mol. The van der Waals surface area contributed by atoms with Crippen LogP contribution in [0.2, 0.25) is 0 Å². The predicted molar refractivity (Wildman–Crippen MR) is 83.9 cm³/mol. The van der Waals surface area contributed by atoms with Crippen LogP contribution in [0, 0.1) is 11.3 Å². The normalized spacial score (nSPS) is 10.5. The van der Waals surface area contributed by atoms with Gasteiger partial charge in [-0.15, -0.1) is 0 Å². The van der Waals surface area contributed by atoms with E-state index in [0.29, 0.717) is 0 Å². The van der Waals surface area contributed by atoms with Gasteiger partial charge >= 0.3 is 0 Å². The van der Waals surface area contributed by atoms with Gasteiger partial charge in [0.1, 0.15) is 11.8 Å². The number of unbranched alkanes of at least 4 members (excludes halogenated alkanes) is 2. The molecule has 2 rings (SSSR count).